The molecule has 1 atom stereocenters. The van der Waals surface area contributed by atoms with Crippen LogP contribution in [0.1, 0.15) is 11.6 Å². The molecule has 1 saturated heterocycles. The Bertz CT molecular complexity index is 777. The second kappa shape index (κ2) is 9.20. The Hall–Kier alpha value is -2.39. The number of hydrogen-bond donors (Lipinski definition) is 2. The van der Waals surface area contributed by atoms with Gasteiger partial charge in [0.1, 0.15) is 0 Å². The van der Waals surface area contributed by atoms with Crippen LogP contribution in [0.4, 0.5) is 4.79 Å². The topological polar surface area (TPSA) is 89.1 Å². The molecule has 0 radical (unpaired) electrons. The lowest BCUT2D eigenvalue weighted by Gasteiger charge is -2.33. The van der Waals surface area contributed by atoms with Crippen LogP contribution in [-0.2, 0) is 9.53 Å². The molecule has 152 valence electrons. The Morgan fingerprint density at radius 3 is 2.54 bits per heavy atom. The smallest absolute Gasteiger partial charge is 0.338 e. The van der Waals surface area contributed by atoms with E-state index >= 15 is 0 Å². The summed E-state index contributed by atoms with van der Waals surface area (Å²) in [6.45, 7) is 2.31. The number of hydrogen-bond acceptors (Lipinski definition) is 7. The third-order valence-electron chi connectivity index (χ3n) is 4.79. The summed E-state index contributed by atoms with van der Waals surface area (Å²) in [7, 11) is 4.44. The minimum atomic E-state index is -0.643. The number of ether oxygens (including phenoxy) is 3. The van der Waals surface area contributed by atoms with Crippen LogP contribution in [0.15, 0.2) is 29.5 Å². The van der Waals surface area contributed by atoms with Gasteiger partial charge in [0.2, 0.25) is 0 Å². The van der Waals surface area contributed by atoms with Crippen LogP contribution in [0.2, 0.25) is 0 Å². The van der Waals surface area contributed by atoms with Gasteiger partial charge in [-0.05, 0) is 17.7 Å². The van der Waals surface area contributed by atoms with E-state index < -0.39 is 12.0 Å². The SMILES string of the molecule is COC(=O)C1=C(CN2CCSCC2)NC(=O)N[C@H]1c1ccc(OC)c(OC)c1. The van der Waals surface area contributed by atoms with E-state index in [1.807, 2.05) is 11.8 Å². The van der Waals surface area contributed by atoms with Gasteiger partial charge in [-0.2, -0.15) is 11.8 Å². The highest BCUT2D eigenvalue weighted by atomic mass is 32.2. The fourth-order valence-electron chi connectivity index (χ4n) is 3.36. The number of esters is 1. The Morgan fingerprint density at radius 1 is 1.18 bits per heavy atom. The lowest BCUT2D eigenvalue weighted by atomic mass is 9.94. The lowest BCUT2D eigenvalue weighted by Crippen LogP contribution is -2.49. The van der Waals surface area contributed by atoms with Crippen molar-refractivity contribution in [3.8, 4) is 11.5 Å². The van der Waals surface area contributed by atoms with Crippen molar-refractivity contribution in [3.05, 3.63) is 35.0 Å². The van der Waals surface area contributed by atoms with Crippen molar-refractivity contribution < 1.29 is 23.8 Å². The molecular weight excluding hydrogens is 382 g/mol. The van der Waals surface area contributed by atoms with E-state index in [-0.39, 0.29) is 6.03 Å². The zero-order valence-corrected chi connectivity index (χ0v) is 17.1. The highest BCUT2D eigenvalue weighted by molar-refractivity contribution is 7.99. The van der Waals surface area contributed by atoms with E-state index in [0.29, 0.717) is 34.9 Å². The summed E-state index contributed by atoms with van der Waals surface area (Å²) in [4.78, 5) is 27.2. The number of methoxy groups -OCH3 is 3. The minimum absolute atomic E-state index is 0.353. The first kappa shape index (κ1) is 20.3. The molecule has 1 aromatic carbocycles. The van der Waals surface area contributed by atoms with Gasteiger partial charge in [0.05, 0.1) is 32.9 Å². The highest BCUT2D eigenvalue weighted by Gasteiger charge is 2.34. The molecule has 2 N–H and O–H groups in total. The van der Waals surface area contributed by atoms with Crippen LogP contribution in [0.25, 0.3) is 0 Å². The van der Waals surface area contributed by atoms with E-state index in [4.69, 9.17) is 14.2 Å². The molecule has 0 aromatic heterocycles. The minimum Gasteiger partial charge on any atom is -0.493 e. The van der Waals surface area contributed by atoms with E-state index in [9.17, 15) is 9.59 Å². The molecule has 8 nitrogen and oxygen atoms in total. The Kier molecular flexibility index (Phi) is 6.69. The van der Waals surface area contributed by atoms with Gasteiger partial charge in [-0.25, -0.2) is 9.59 Å². The van der Waals surface area contributed by atoms with Crippen molar-refractivity contribution >= 4 is 23.8 Å². The van der Waals surface area contributed by atoms with Gasteiger partial charge in [0, 0.05) is 36.8 Å². The Morgan fingerprint density at radius 2 is 1.89 bits per heavy atom. The van der Waals surface area contributed by atoms with Crippen molar-refractivity contribution in [2.75, 3.05) is 52.5 Å². The normalized spacial score (nSPS) is 20.2. The molecule has 1 aromatic rings. The van der Waals surface area contributed by atoms with Gasteiger partial charge < -0.3 is 24.8 Å². The van der Waals surface area contributed by atoms with E-state index in [1.165, 1.54) is 7.11 Å². The average Bonchev–Trinajstić information content (AvgIpc) is 2.73. The number of nitrogens with one attached hydrogen (secondary N) is 2. The molecule has 9 heteroatoms. The summed E-state index contributed by atoms with van der Waals surface area (Å²) >= 11 is 1.90. The molecule has 2 heterocycles. The molecule has 3 rings (SSSR count). The molecule has 0 spiro atoms. The quantitative estimate of drug-likeness (QED) is 0.692. The Balaban J connectivity index is 2.00. The standard InChI is InChI=1S/C19H25N3O5S/c1-25-14-5-4-12(10-15(14)26-2)17-16(18(23)27-3)13(20-19(24)21-17)11-22-6-8-28-9-7-22/h4-5,10,17H,6-9,11H2,1-3H3,(H2,20,21,24)/t17-/m0/s1. The van der Waals surface area contributed by atoms with Crippen LogP contribution >= 0.6 is 11.8 Å². The number of nitrogens with zero attached hydrogens (tertiary/aromatic N) is 1. The first-order chi connectivity index (χ1) is 13.6. The van der Waals surface area contributed by atoms with Crippen LogP contribution in [0.5, 0.6) is 11.5 Å². The molecule has 0 bridgehead atoms. The van der Waals surface area contributed by atoms with Gasteiger partial charge >= 0.3 is 12.0 Å². The first-order valence-electron chi connectivity index (χ1n) is 8.98. The summed E-state index contributed by atoms with van der Waals surface area (Å²) in [5.74, 6) is 2.68. The summed E-state index contributed by atoms with van der Waals surface area (Å²) in [6.07, 6.45) is 0. The van der Waals surface area contributed by atoms with Gasteiger partial charge in [-0.3, -0.25) is 4.90 Å². The van der Waals surface area contributed by atoms with Gasteiger partial charge in [0.15, 0.2) is 11.5 Å². The third kappa shape index (κ3) is 4.36. The second-order valence-electron chi connectivity index (χ2n) is 6.42. The maximum atomic E-state index is 12.6. The molecule has 0 saturated carbocycles. The van der Waals surface area contributed by atoms with E-state index in [1.54, 1.807) is 32.4 Å². The van der Waals surface area contributed by atoms with Crippen LogP contribution < -0.4 is 20.1 Å². The van der Waals surface area contributed by atoms with Crippen LogP contribution in [0, 0.1) is 0 Å². The number of urea groups is 1. The van der Waals surface area contributed by atoms with Crippen molar-refractivity contribution in [1.82, 2.24) is 15.5 Å². The fourth-order valence-corrected chi connectivity index (χ4v) is 4.34. The first-order valence-corrected chi connectivity index (χ1v) is 10.1. The number of amides is 2. The van der Waals surface area contributed by atoms with E-state index in [2.05, 4.69) is 15.5 Å². The predicted molar refractivity (Wildman–Crippen MR) is 107 cm³/mol. The summed E-state index contributed by atoms with van der Waals surface area (Å²) < 4.78 is 15.7. The predicted octanol–water partition coefficient (Wildman–Crippen LogP) is 1.53. The molecule has 0 unspecified atom stereocenters. The van der Waals surface area contributed by atoms with Crippen molar-refractivity contribution in [2.24, 2.45) is 0 Å². The highest BCUT2D eigenvalue weighted by Crippen LogP contribution is 2.34. The maximum Gasteiger partial charge on any atom is 0.338 e. The zero-order valence-electron chi connectivity index (χ0n) is 16.2. The van der Waals surface area contributed by atoms with Crippen molar-refractivity contribution in [3.63, 3.8) is 0 Å². The number of benzene rings is 1. The number of carbonyl (C=O) groups is 2. The van der Waals surface area contributed by atoms with E-state index in [0.717, 1.165) is 24.6 Å². The van der Waals surface area contributed by atoms with Gasteiger partial charge in [-0.15, -0.1) is 0 Å². The van der Waals surface area contributed by atoms with Crippen molar-refractivity contribution in [1.29, 1.82) is 0 Å². The fraction of sp³-hybridized carbons (Fsp3) is 0.474. The average molecular weight is 407 g/mol. The molecular formula is C19H25N3O5S. The number of thioether (sulfide) groups is 1. The molecule has 2 amide bonds. The third-order valence-corrected chi connectivity index (χ3v) is 5.73. The molecule has 1 fully saturated rings. The summed E-state index contributed by atoms with van der Waals surface area (Å²) in [6, 6.07) is 4.31. The molecule has 0 aliphatic carbocycles. The van der Waals surface area contributed by atoms with Crippen LogP contribution in [0.3, 0.4) is 0 Å². The second-order valence-corrected chi connectivity index (χ2v) is 7.64. The van der Waals surface area contributed by atoms with Gasteiger partial charge in [0.25, 0.3) is 0 Å². The van der Waals surface area contributed by atoms with Gasteiger partial charge in [-0.1, -0.05) is 6.07 Å². The summed E-state index contributed by atoms with van der Waals surface area (Å²) in [5, 5.41) is 5.63. The number of rotatable bonds is 6. The zero-order chi connectivity index (χ0) is 20.1. The van der Waals surface area contributed by atoms with Crippen molar-refractivity contribution in [2.45, 2.75) is 6.04 Å². The summed E-state index contributed by atoms with van der Waals surface area (Å²) in [5.41, 5.74) is 1.68. The monoisotopic (exact) mass is 407 g/mol. The molecule has 2 aliphatic rings. The number of carbonyl (C=O) groups excluding carboxylic acids is 2. The van der Waals surface area contributed by atoms with Crippen LogP contribution in [-0.4, -0.2) is 69.4 Å². The largest absolute Gasteiger partial charge is 0.493 e. The molecule has 2 aliphatic heterocycles. The lowest BCUT2D eigenvalue weighted by molar-refractivity contribution is -0.136. The molecule has 28 heavy (non-hydrogen) atoms. The maximum absolute atomic E-state index is 12.6. The Labute approximate surface area is 168 Å².